The van der Waals surface area contributed by atoms with Crippen LogP contribution in [0.1, 0.15) is 35.7 Å². The zero-order valence-electron chi connectivity index (χ0n) is 16.4. The Labute approximate surface area is 186 Å². The summed E-state index contributed by atoms with van der Waals surface area (Å²) in [5.74, 6) is -0.704. The molecule has 1 aliphatic heterocycles. The Morgan fingerprint density at radius 2 is 1.77 bits per heavy atom. The first-order valence-electron chi connectivity index (χ1n) is 9.49. The SMILES string of the molecule is CC(=O)c1cccc(NC(=O)C2CCN(S(=O)(=O)Cc3ccc(Cl)c(Cl)c3)CC2)c1. The molecule has 0 saturated carbocycles. The van der Waals surface area contributed by atoms with Crippen molar-refractivity contribution in [3.63, 3.8) is 0 Å². The van der Waals surface area contributed by atoms with E-state index >= 15 is 0 Å². The molecule has 1 heterocycles. The molecule has 1 aliphatic rings. The standard InChI is InChI=1S/C21H22Cl2N2O4S/c1-14(26)17-3-2-4-18(12-17)24-21(27)16-7-9-25(10-8-16)30(28,29)13-15-5-6-19(22)20(23)11-15/h2-6,11-12,16H,7-10,13H2,1H3,(H,24,27). The number of piperidine rings is 1. The molecule has 0 atom stereocenters. The minimum absolute atomic E-state index is 0.0772. The summed E-state index contributed by atoms with van der Waals surface area (Å²) in [5, 5.41) is 3.51. The van der Waals surface area contributed by atoms with Crippen LogP contribution in [0.3, 0.4) is 0 Å². The summed E-state index contributed by atoms with van der Waals surface area (Å²) in [7, 11) is -3.53. The molecule has 9 heteroatoms. The first kappa shape index (κ1) is 22.7. The smallest absolute Gasteiger partial charge is 0.227 e. The third kappa shape index (κ3) is 5.60. The number of carbonyl (C=O) groups excluding carboxylic acids is 2. The van der Waals surface area contributed by atoms with Crippen molar-refractivity contribution in [3.05, 3.63) is 63.6 Å². The van der Waals surface area contributed by atoms with E-state index in [-0.39, 0.29) is 36.5 Å². The molecule has 2 aromatic carbocycles. The zero-order valence-corrected chi connectivity index (χ0v) is 18.7. The average Bonchev–Trinajstić information content (AvgIpc) is 2.71. The van der Waals surface area contributed by atoms with Crippen LogP contribution in [0, 0.1) is 5.92 Å². The summed E-state index contributed by atoms with van der Waals surface area (Å²) < 4.78 is 26.9. The van der Waals surface area contributed by atoms with Crippen molar-refractivity contribution in [2.45, 2.75) is 25.5 Å². The Bertz CT molecular complexity index is 1060. The lowest BCUT2D eigenvalue weighted by molar-refractivity contribution is -0.120. The van der Waals surface area contributed by atoms with Gasteiger partial charge in [-0.15, -0.1) is 0 Å². The van der Waals surface area contributed by atoms with Crippen LogP contribution < -0.4 is 5.32 Å². The molecule has 2 aromatic rings. The van der Waals surface area contributed by atoms with Crippen LogP contribution in [0.4, 0.5) is 5.69 Å². The van der Waals surface area contributed by atoms with Crippen molar-refractivity contribution in [2.75, 3.05) is 18.4 Å². The van der Waals surface area contributed by atoms with Gasteiger partial charge in [0.05, 0.1) is 15.8 Å². The minimum Gasteiger partial charge on any atom is -0.326 e. The Balaban J connectivity index is 1.58. The summed E-state index contributed by atoms with van der Waals surface area (Å²) >= 11 is 11.9. The van der Waals surface area contributed by atoms with Crippen LogP contribution in [0.5, 0.6) is 0 Å². The van der Waals surface area contributed by atoms with Gasteiger partial charge in [-0.3, -0.25) is 9.59 Å². The lowest BCUT2D eigenvalue weighted by atomic mass is 9.97. The normalized spacial score (nSPS) is 15.7. The molecule has 1 amide bonds. The second-order valence-electron chi connectivity index (χ2n) is 7.30. The van der Waals surface area contributed by atoms with Gasteiger partial charge in [0.25, 0.3) is 0 Å². The van der Waals surface area contributed by atoms with E-state index in [1.54, 1.807) is 42.5 Å². The van der Waals surface area contributed by atoms with E-state index in [0.29, 0.717) is 39.7 Å². The van der Waals surface area contributed by atoms with Gasteiger partial charge in [0.2, 0.25) is 15.9 Å². The van der Waals surface area contributed by atoms with E-state index < -0.39 is 10.0 Å². The van der Waals surface area contributed by atoms with Crippen LogP contribution in [-0.2, 0) is 20.6 Å². The number of hydrogen-bond acceptors (Lipinski definition) is 4. The number of sulfonamides is 1. The summed E-state index contributed by atoms with van der Waals surface area (Å²) in [4.78, 5) is 24.1. The average molecular weight is 469 g/mol. The number of halogens is 2. The summed E-state index contributed by atoms with van der Waals surface area (Å²) in [6.45, 7) is 2.01. The molecule has 6 nitrogen and oxygen atoms in total. The maximum absolute atomic E-state index is 12.7. The maximum Gasteiger partial charge on any atom is 0.227 e. The molecule has 0 unspecified atom stereocenters. The second kappa shape index (κ2) is 9.47. The predicted molar refractivity (Wildman–Crippen MR) is 118 cm³/mol. The molecule has 1 fully saturated rings. The molecule has 1 N–H and O–H groups in total. The summed E-state index contributed by atoms with van der Waals surface area (Å²) in [6.07, 6.45) is 0.859. The van der Waals surface area contributed by atoms with Gasteiger partial charge in [-0.1, -0.05) is 41.4 Å². The third-order valence-electron chi connectivity index (χ3n) is 5.09. The first-order chi connectivity index (χ1) is 14.2. The van der Waals surface area contributed by atoms with Gasteiger partial charge in [-0.25, -0.2) is 12.7 Å². The molecular formula is C21H22Cl2N2O4S. The van der Waals surface area contributed by atoms with Crippen molar-refractivity contribution in [1.29, 1.82) is 0 Å². The van der Waals surface area contributed by atoms with Crippen molar-refractivity contribution >= 4 is 50.6 Å². The number of anilines is 1. The van der Waals surface area contributed by atoms with Crippen LogP contribution in [0.15, 0.2) is 42.5 Å². The fourth-order valence-electron chi connectivity index (χ4n) is 3.39. The maximum atomic E-state index is 12.7. The van der Waals surface area contributed by atoms with Crippen molar-refractivity contribution in [2.24, 2.45) is 5.92 Å². The molecule has 0 radical (unpaired) electrons. The van der Waals surface area contributed by atoms with E-state index in [1.807, 2.05) is 0 Å². The number of Topliss-reactive ketones (excluding diaryl/α,β-unsaturated/α-hetero) is 1. The van der Waals surface area contributed by atoms with Gasteiger partial charge >= 0.3 is 0 Å². The fourth-order valence-corrected chi connectivity index (χ4v) is 5.26. The number of ketones is 1. The van der Waals surface area contributed by atoms with Gasteiger partial charge in [0.1, 0.15) is 0 Å². The molecule has 0 aromatic heterocycles. The predicted octanol–water partition coefficient (Wildman–Crippen LogP) is 4.38. The summed E-state index contributed by atoms with van der Waals surface area (Å²) in [5.41, 5.74) is 1.65. The van der Waals surface area contributed by atoms with Crippen molar-refractivity contribution in [1.82, 2.24) is 4.31 Å². The molecule has 3 rings (SSSR count). The number of carbonyl (C=O) groups is 2. The molecule has 0 bridgehead atoms. The highest BCUT2D eigenvalue weighted by Crippen LogP contribution is 2.26. The molecule has 0 aliphatic carbocycles. The van der Waals surface area contributed by atoms with Gasteiger partial charge in [-0.05, 0) is 49.6 Å². The number of rotatable bonds is 6. The Morgan fingerprint density at radius 1 is 1.07 bits per heavy atom. The Hall–Kier alpha value is -1.93. The van der Waals surface area contributed by atoms with Crippen molar-refractivity contribution < 1.29 is 18.0 Å². The molecule has 30 heavy (non-hydrogen) atoms. The lowest BCUT2D eigenvalue weighted by Crippen LogP contribution is -2.41. The number of amides is 1. The topological polar surface area (TPSA) is 83.6 Å². The van der Waals surface area contributed by atoms with Crippen molar-refractivity contribution in [3.8, 4) is 0 Å². The minimum atomic E-state index is -3.53. The van der Waals surface area contributed by atoms with Crippen LogP contribution in [0.2, 0.25) is 10.0 Å². The van der Waals surface area contributed by atoms with E-state index in [0.717, 1.165) is 0 Å². The number of benzene rings is 2. The third-order valence-corrected chi connectivity index (χ3v) is 7.68. The molecule has 0 spiro atoms. The summed E-state index contributed by atoms with van der Waals surface area (Å²) in [6, 6.07) is 11.5. The second-order valence-corrected chi connectivity index (χ2v) is 10.1. The fraction of sp³-hybridized carbons (Fsp3) is 0.333. The van der Waals surface area contributed by atoms with Gasteiger partial charge in [0.15, 0.2) is 5.78 Å². The number of nitrogens with one attached hydrogen (secondary N) is 1. The quantitative estimate of drug-likeness (QED) is 0.637. The molecule has 160 valence electrons. The highest BCUT2D eigenvalue weighted by atomic mass is 35.5. The lowest BCUT2D eigenvalue weighted by Gasteiger charge is -2.30. The monoisotopic (exact) mass is 468 g/mol. The highest BCUT2D eigenvalue weighted by Gasteiger charge is 2.31. The highest BCUT2D eigenvalue weighted by molar-refractivity contribution is 7.88. The molecule has 1 saturated heterocycles. The number of hydrogen-bond donors (Lipinski definition) is 1. The van der Waals surface area contributed by atoms with E-state index in [4.69, 9.17) is 23.2 Å². The van der Waals surface area contributed by atoms with E-state index in [2.05, 4.69) is 5.32 Å². The van der Waals surface area contributed by atoms with E-state index in [1.165, 1.54) is 11.2 Å². The first-order valence-corrected chi connectivity index (χ1v) is 11.9. The molecular weight excluding hydrogens is 447 g/mol. The van der Waals surface area contributed by atoms with Crippen LogP contribution in [-0.4, -0.2) is 37.5 Å². The Morgan fingerprint density at radius 3 is 2.40 bits per heavy atom. The Kier molecular flexibility index (Phi) is 7.18. The van der Waals surface area contributed by atoms with E-state index in [9.17, 15) is 18.0 Å². The zero-order chi connectivity index (χ0) is 21.9. The van der Waals surface area contributed by atoms with Gasteiger partial charge < -0.3 is 5.32 Å². The largest absolute Gasteiger partial charge is 0.326 e. The van der Waals surface area contributed by atoms with Gasteiger partial charge in [0, 0.05) is 30.3 Å². The van der Waals surface area contributed by atoms with Gasteiger partial charge in [-0.2, -0.15) is 0 Å². The van der Waals surface area contributed by atoms with Crippen LogP contribution in [0.25, 0.3) is 0 Å². The van der Waals surface area contributed by atoms with Crippen LogP contribution >= 0.6 is 23.2 Å². The number of nitrogens with zero attached hydrogens (tertiary/aromatic N) is 1.